The van der Waals surface area contributed by atoms with Crippen molar-refractivity contribution in [2.45, 2.75) is 33.6 Å². The molecule has 1 unspecified atom stereocenters. The number of nitrogen functional groups attached to an aromatic ring is 1. The Morgan fingerprint density at radius 1 is 1.11 bits per heavy atom. The first kappa shape index (κ1) is 13.7. The van der Waals surface area contributed by atoms with E-state index >= 15 is 0 Å². The highest BCUT2D eigenvalue weighted by molar-refractivity contribution is 5.77. The first-order chi connectivity index (χ1) is 8.91. The molecule has 0 aliphatic heterocycles. The lowest BCUT2D eigenvalue weighted by Gasteiger charge is -2.15. The topological polar surface area (TPSA) is 43.8 Å². The van der Waals surface area contributed by atoms with Gasteiger partial charge in [-0.3, -0.25) is 4.68 Å². The maximum Gasteiger partial charge on any atom is 0.129 e. The first-order valence-electron chi connectivity index (χ1n) is 6.81. The van der Waals surface area contributed by atoms with Crippen molar-refractivity contribution in [2.75, 3.05) is 5.73 Å². The lowest BCUT2D eigenvalue weighted by molar-refractivity contribution is 0.517. The van der Waals surface area contributed by atoms with E-state index in [4.69, 9.17) is 5.73 Å². The fourth-order valence-corrected chi connectivity index (χ4v) is 2.21. The molecule has 0 saturated carbocycles. The smallest absolute Gasteiger partial charge is 0.129 e. The van der Waals surface area contributed by atoms with Crippen molar-refractivity contribution in [1.82, 2.24) is 9.78 Å². The Morgan fingerprint density at radius 2 is 1.68 bits per heavy atom. The molecule has 2 aromatic rings. The Bertz CT molecular complexity index is 564. The molecule has 0 radical (unpaired) electrons. The Balaban J connectivity index is 2.58. The van der Waals surface area contributed by atoms with Gasteiger partial charge in [-0.25, -0.2) is 0 Å². The third kappa shape index (κ3) is 2.50. The van der Waals surface area contributed by atoms with Gasteiger partial charge in [0.1, 0.15) is 5.82 Å². The van der Waals surface area contributed by atoms with Gasteiger partial charge in [-0.15, -0.1) is 0 Å². The predicted octanol–water partition coefficient (Wildman–Crippen LogP) is 3.74. The fourth-order valence-electron chi connectivity index (χ4n) is 2.21. The van der Waals surface area contributed by atoms with Gasteiger partial charge in [0, 0.05) is 18.5 Å². The van der Waals surface area contributed by atoms with Gasteiger partial charge in [-0.1, -0.05) is 50.6 Å². The lowest BCUT2D eigenvalue weighted by atomic mass is 9.90. The number of rotatable bonds is 3. The lowest BCUT2D eigenvalue weighted by Crippen LogP contribution is -2.04. The number of hydrogen-bond acceptors (Lipinski definition) is 2. The second-order valence-corrected chi connectivity index (χ2v) is 5.67. The maximum atomic E-state index is 6.21. The zero-order valence-corrected chi connectivity index (χ0v) is 12.4. The van der Waals surface area contributed by atoms with Gasteiger partial charge >= 0.3 is 0 Å². The summed E-state index contributed by atoms with van der Waals surface area (Å²) in [6.07, 6.45) is 0. The van der Waals surface area contributed by atoms with E-state index in [-0.39, 0.29) is 0 Å². The first-order valence-corrected chi connectivity index (χ1v) is 6.81. The molecule has 1 atom stereocenters. The quantitative estimate of drug-likeness (QED) is 0.910. The standard InChI is InChI=1S/C16H23N3/c1-10(2)12(4)15-14(16(17)19(5)18-15)13-8-6-11(3)7-9-13/h6-10,12H,17H2,1-5H3. The van der Waals surface area contributed by atoms with Gasteiger partial charge in [0.25, 0.3) is 0 Å². The van der Waals surface area contributed by atoms with E-state index in [2.05, 4.69) is 57.1 Å². The van der Waals surface area contributed by atoms with Gasteiger partial charge in [-0.2, -0.15) is 5.10 Å². The second-order valence-electron chi connectivity index (χ2n) is 5.67. The Labute approximate surface area is 115 Å². The molecule has 0 saturated heterocycles. The molecule has 19 heavy (non-hydrogen) atoms. The molecule has 2 N–H and O–H groups in total. The summed E-state index contributed by atoms with van der Waals surface area (Å²) in [5.74, 6) is 1.67. The summed E-state index contributed by atoms with van der Waals surface area (Å²) in [7, 11) is 1.91. The van der Waals surface area contributed by atoms with E-state index in [9.17, 15) is 0 Å². The molecule has 3 nitrogen and oxygen atoms in total. The molecule has 2 rings (SSSR count). The van der Waals surface area contributed by atoms with Crippen LogP contribution in [0.5, 0.6) is 0 Å². The second kappa shape index (κ2) is 5.08. The van der Waals surface area contributed by atoms with E-state index in [1.165, 1.54) is 5.56 Å². The number of aryl methyl sites for hydroxylation is 2. The summed E-state index contributed by atoms with van der Waals surface area (Å²) in [4.78, 5) is 0. The number of anilines is 1. The van der Waals surface area contributed by atoms with Crippen molar-refractivity contribution in [3.63, 3.8) is 0 Å². The SMILES string of the molecule is Cc1ccc(-c2c(C(C)C(C)C)nn(C)c2N)cc1. The van der Waals surface area contributed by atoms with E-state index in [1.54, 1.807) is 4.68 Å². The highest BCUT2D eigenvalue weighted by Gasteiger charge is 2.22. The van der Waals surface area contributed by atoms with Crippen molar-refractivity contribution in [3.8, 4) is 11.1 Å². The largest absolute Gasteiger partial charge is 0.383 e. The zero-order chi connectivity index (χ0) is 14.2. The fraction of sp³-hybridized carbons (Fsp3) is 0.438. The molecule has 0 aliphatic rings. The number of benzene rings is 1. The van der Waals surface area contributed by atoms with Crippen LogP contribution in [0, 0.1) is 12.8 Å². The van der Waals surface area contributed by atoms with Crippen molar-refractivity contribution < 1.29 is 0 Å². The third-order valence-electron chi connectivity index (χ3n) is 3.89. The Kier molecular flexibility index (Phi) is 3.65. The summed E-state index contributed by atoms with van der Waals surface area (Å²) < 4.78 is 1.78. The van der Waals surface area contributed by atoms with Gasteiger partial charge in [0.05, 0.1) is 5.69 Å². The minimum Gasteiger partial charge on any atom is -0.383 e. The van der Waals surface area contributed by atoms with Gasteiger partial charge in [-0.05, 0) is 18.4 Å². The monoisotopic (exact) mass is 257 g/mol. The summed E-state index contributed by atoms with van der Waals surface area (Å²) >= 11 is 0. The molecule has 0 fully saturated rings. The highest BCUT2D eigenvalue weighted by atomic mass is 15.3. The molecule has 0 amide bonds. The number of nitrogens with two attached hydrogens (primary N) is 1. The van der Waals surface area contributed by atoms with Gasteiger partial charge in [0.2, 0.25) is 0 Å². The van der Waals surface area contributed by atoms with Gasteiger partial charge < -0.3 is 5.73 Å². The molecular formula is C16H23N3. The van der Waals surface area contributed by atoms with Crippen LogP contribution in [0.1, 0.15) is 37.9 Å². The van der Waals surface area contributed by atoms with E-state index in [0.717, 1.165) is 22.6 Å². The molecule has 1 aromatic heterocycles. The van der Waals surface area contributed by atoms with E-state index in [0.29, 0.717) is 11.8 Å². The highest BCUT2D eigenvalue weighted by Crippen LogP contribution is 2.36. The van der Waals surface area contributed by atoms with E-state index in [1.807, 2.05) is 7.05 Å². The molecule has 1 heterocycles. The van der Waals surface area contributed by atoms with Crippen molar-refractivity contribution in [1.29, 1.82) is 0 Å². The van der Waals surface area contributed by atoms with Crippen LogP contribution in [0.25, 0.3) is 11.1 Å². The minimum absolute atomic E-state index is 0.389. The molecule has 3 heteroatoms. The average Bonchev–Trinajstić information content (AvgIpc) is 2.66. The third-order valence-corrected chi connectivity index (χ3v) is 3.89. The summed E-state index contributed by atoms with van der Waals surface area (Å²) in [6.45, 7) is 8.74. The molecule has 0 bridgehead atoms. The average molecular weight is 257 g/mol. The Morgan fingerprint density at radius 3 is 2.21 bits per heavy atom. The maximum absolute atomic E-state index is 6.21. The summed E-state index contributed by atoms with van der Waals surface area (Å²) in [5, 5.41) is 4.62. The predicted molar refractivity (Wildman–Crippen MR) is 81.0 cm³/mol. The molecule has 0 spiro atoms. The van der Waals surface area contributed by atoms with Gasteiger partial charge in [0.15, 0.2) is 0 Å². The number of nitrogens with zero attached hydrogens (tertiary/aromatic N) is 2. The van der Waals surface area contributed by atoms with Crippen molar-refractivity contribution in [3.05, 3.63) is 35.5 Å². The van der Waals surface area contributed by atoms with Crippen LogP contribution in [0.2, 0.25) is 0 Å². The van der Waals surface area contributed by atoms with Crippen LogP contribution in [0.15, 0.2) is 24.3 Å². The molecule has 1 aromatic carbocycles. The van der Waals surface area contributed by atoms with Crippen LogP contribution >= 0.6 is 0 Å². The van der Waals surface area contributed by atoms with Crippen molar-refractivity contribution in [2.24, 2.45) is 13.0 Å². The van der Waals surface area contributed by atoms with Crippen LogP contribution < -0.4 is 5.73 Å². The van der Waals surface area contributed by atoms with Crippen LogP contribution in [-0.4, -0.2) is 9.78 Å². The normalized spacial score (nSPS) is 12.9. The van der Waals surface area contributed by atoms with Crippen molar-refractivity contribution >= 4 is 5.82 Å². The molecule has 102 valence electrons. The number of aromatic nitrogens is 2. The summed E-state index contributed by atoms with van der Waals surface area (Å²) in [6, 6.07) is 8.48. The summed E-state index contributed by atoms with van der Waals surface area (Å²) in [5.41, 5.74) is 10.8. The van der Waals surface area contributed by atoms with Crippen LogP contribution in [-0.2, 0) is 7.05 Å². The zero-order valence-electron chi connectivity index (χ0n) is 12.4. The minimum atomic E-state index is 0.389. The van der Waals surface area contributed by atoms with Crippen LogP contribution in [0.3, 0.4) is 0 Å². The molecular weight excluding hydrogens is 234 g/mol. The Hall–Kier alpha value is -1.77. The van der Waals surface area contributed by atoms with E-state index < -0.39 is 0 Å². The van der Waals surface area contributed by atoms with Crippen LogP contribution in [0.4, 0.5) is 5.82 Å². The molecule has 0 aliphatic carbocycles. The number of hydrogen-bond donors (Lipinski definition) is 1.